The molecule has 12 aromatic rings. The third-order valence-corrected chi connectivity index (χ3v) is 15.8. The number of carboxylic acid groups (broad SMARTS) is 1. The van der Waals surface area contributed by atoms with Crippen molar-refractivity contribution < 1.29 is 42.1 Å². The molecule has 0 aliphatic carbocycles. The van der Waals surface area contributed by atoms with E-state index >= 15 is 4.39 Å². The molecular weight excluding hydrogens is 1250 g/mol. The van der Waals surface area contributed by atoms with Gasteiger partial charge >= 0.3 is 5.97 Å². The van der Waals surface area contributed by atoms with E-state index in [4.69, 9.17) is 42.4 Å². The van der Waals surface area contributed by atoms with Crippen LogP contribution < -0.4 is 41.9 Å². The van der Waals surface area contributed by atoms with Crippen molar-refractivity contribution >= 4 is 62.4 Å². The number of aromatic carboxylic acids is 1. The van der Waals surface area contributed by atoms with E-state index in [1.54, 1.807) is 92.5 Å². The molecule has 0 atom stereocenters. The summed E-state index contributed by atoms with van der Waals surface area (Å²) in [5, 5.41) is 13.6. The number of nitrogens with two attached hydrogens (primary N) is 2. The van der Waals surface area contributed by atoms with Crippen LogP contribution in [-0.4, -0.2) is 40.9 Å². The molecule has 16 nitrogen and oxygen atoms in total. The van der Waals surface area contributed by atoms with Crippen molar-refractivity contribution in [2.75, 3.05) is 16.8 Å². The second-order valence-electron chi connectivity index (χ2n) is 22.1. The first-order chi connectivity index (χ1) is 46.2. The summed E-state index contributed by atoms with van der Waals surface area (Å²) in [5.41, 5.74) is 19.2. The lowest BCUT2D eigenvalue weighted by atomic mass is 9.98. The average Bonchev–Trinajstić information content (AvgIpc) is 0.774. The Balaban J connectivity index is 0.000000162. The molecule has 0 saturated carbocycles. The molecule has 0 unspecified atom stereocenters. The molecule has 5 aromatic heterocycles. The number of anilines is 3. The largest absolute Gasteiger partial charge is 0.477 e. The Hall–Kier alpha value is -11.6. The molecule has 0 aliphatic rings. The van der Waals surface area contributed by atoms with Gasteiger partial charge in [-0.3, -0.25) is 19.4 Å². The molecule has 0 spiro atoms. The normalized spacial score (nSPS) is 10.7. The first-order valence-electron chi connectivity index (χ1n) is 30.4. The predicted molar refractivity (Wildman–Crippen MR) is 371 cm³/mol. The fourth-order valence-corrected chi connectivity index (χ4v) is 10.4. The topological polar surface area (TPSA) is 229 Å². The van der Waals surface area contributed by atoms with Crippen LogP contribution in [0.4, 0.5) is 30.4 Å². The average molecular weight is 1310 g/mol. The highest BCUT2D eigenvalue weighted by Crippen LogP contribution is 2.31. The van der Waals surface area contributed by atoms with Gasteiger partial charge in [0.25, 0.3) is 0 Å². The smallest absolute Gasteiger partial charge is 0.341 e. The lowest BCUT2D eigenvalue weighted by Gasteiger charge is -2.15. The summed E-state index contributed by atoms with van der Waals surface area (Å²) in [6.07, 6.45) is 6.87. The Bertz CT molecular complexity index is 4920. The molecule has 5 heterocycles. The van der Waals surface area contributed by atoms with Crippen molar-refractivity contribution in [1.82, 2.24) is 24.1 Å². The molecule has 0 saturated heterocycles. The maximum Gasteiger partial charge on any atom is 0.341 e. The maximum atomic E-state index is 15.0. The van der Waals surface area contributed by atoms with Crippen LogP contribution in [0, 0.1) is 31.3 Å². The molecule has 6 N–H and O–H groups in total. The van der Waals surface area contributed by atoms with Crippen molar-refractivity contribution in [3.05, 3.63) is 306 Å². The number of carbonyl (C=O) groups is 2. The van der Waals surface area contributed by atoms with E-state index in [0.29, 0.717) is 75.1 Å². The summed E-state index contributed by atoms with van der Waals surface area (Å²) in [7, 11) is 3.62. The van der Waals surface area contributed by atoms with E-state index in [1.165, 1.54) is 48.7 Å². The molecule has 488 valence electrons. The Morgan fingerprint density at radius 2 is 0.979 bits per heavy atom. The highest BCUT2D eigenvalue weighted by molar-refractivity contribution is 6.29. The minimum Gasteiger partial charge on any atom is -0.477 e. The van der Waals surface area contributed by atoms with E-state index in [2.05, 4.69) is 20.3 Å². The Kier molecular flexibility index (Phi) is 22.8. The summed E-state index contributed by atoms with van der Waals surface area (Å²) in [6, 6.07) is 54.2. The fourth-order valence-electron chi connectivity index (χ4n) is 10.3. The second-order valence-corrected chi connectivity index (χ2v) is 22.5. The number of ether oxygens (including phenoxy) is 3. The zero-order valence-electron chi connectivity index (χ0n) is 53.4. The number of fused-ring (bicyclic) bond motifs is 2. The SMILES string of the molecule is CCc1ccc2c(c1)c(=O)c(C(=O)Cc1ccc(Oc3ccnc(Cc4ccccc4)c3)c(F)c1)c(C)n2C.CCc1ccc2c(c1)c(=O)c(C(=O)O)c(C)n2C.Nc1ccc(Oc2ccnc(Cl)c2)c(F)c1.Nc1ccc(Oc2ccnc(NCc3ccccc3)c2)c(F)c1. The molecule has 0 fully saturated rings. The quantitative estimate of drug-likeness (QED) is 0.0378. The number of nitrogens with one attached hydrogen (secondary N) is 1. The van der Waals surface area contributed by atoms with Crippen LogP contribution in [0.3, 0.4) is 0 Å². The minimum atomic E-state index is -1.17. The molecule has 0 bridgehead atoms. The van der Waals surface area contributed by atoms with Gasteiger partial charge in [-0.2, -0.15) is 0 Å². The fraction of sp³-hybridized carbons (Fsp3) is 0.145. The Morgan fingerprint density at radius 3 is 1.49 bits per heavy atom. The van der Waals surface area contributed by atoms with Crippen molar-refractivity contribution in [3.8, 4) is 34.5 Å². The van der Waals surface area contributed by atoms with Crippen molar-refractivity contribution in [1.29, 1.82) is 0 Å². The van der Waals surface area contributed by atoms with E-state index in [0.717, 1.165) is 51.8 Å². The first-order valence-corrected chi connectivity index (χ1v) is 30.8. The van der Waals surface area contributed by atoms with E-state index in [1.807, 2.05) is 116 Å². The van der Waals surface area contributed by atoms with Gasteiger partial charge < -0.3 is 45.2 Å². The number of carbonyl (C=O) groups excluding carboxylic acids is 1. The van der Waals surface area contributed by atoms with Crippen molar-refractivity contribution in [3.63, 3.8) is 0 Å². The van der Waals surface area contributed by atoms with Crippen LogP contribution in [0.25, 0.3) is 21.8 Å². The summed E-state index contributed by atoms with van der Waals surface area (Å²) in [4.78, 5) is 62.4. The predicted octanol–water partition coefficient (Wildman–Crippen LogP) is 16.3. The molecule has 12 rings (SSSR count). The number of halogens is 4. The number of carboxylic acids is 1. The standard InChI is InChI=1S/C33H29FN2O3.C18H16FN3O.C14H15NO3.C11H8ClFN2O/c1-4-22-10-12-29-27(17-22)33(38)32(21(2)36(29)3)30(37)19-24-11-13-31(28(34)18-24)39-26-14-15-35-25(20-26)16-23-8-6-5-7-9-23;19-16-10-14(20)6-7-17(16)23-15-8-9-21-18(11-15)22-12-13-4-2-1-3-5-13;1-4-9-5-6-11-10(7-9)13(16)12(14(17)18)8(2)15(11)3;12-11-6-8(3-4-15-11)16-10-2-1-7(14)5-9(10)13/h5-15,17-18,20H,4,16,19H2,1-3H3;1-11H,12,20H2,(H,21,22);5-7H,4H2,1-3H3,(H,17,18);1-6H,14H2. The number of ketones is 1. The van der Waals surface area contributed by atoms with Crippen LogP contribution in [0.5, 0.6) is 34.5 Å². The van der Waals surface area contributed by atoms with Gasteiger partial charge in [0, 0.05) is 122 Å². The number of hydrogen-bond donors (Lipinski definition) is 4. The first kappa shape index (κ1) is 68.8. The second kappa shape index (κ2) is 31.8. The number of pyridine rings is 5. The van der Waals surface area contributed by atoms with E-state index in [9.17, 15) is 28.0 Å². The third-order valence-electron chi connectivity index (χ3n) is 15.5. The molecule has 0 radical (unpaired) electrons. The van der Waals surface area contributed by atoms with Gasteiger partial charge in [-0.05, 0) is 133 Å². The van der Waals surface area contributed by atoms with Gasteiger partial charge in [0.2, 0.25) is 5.43 Å². The number of benzene rings is 7. The van der Waals surface area contributed by atoms with Crippen LogP contribution in [0.2, 0.25) is 5.15 Å². The van der Waals surface area contributed by atoms with Crippen LogP contribution in [-0.2, 0) is 46.3 Å². The molecule has 20 heteroatoms. The number of Topliss-reactive ketones (excluding diaryl/α,β-unsaturated/α-hetero) is 1. The van der Waals surface area contributed by atoms with Crippen LogP contribution >= 0.6 is 11.6 Å². The number of hydrogen-bond acceptors (Lipinski definition) is 13. The molecule has 0 aliphatic heterocycles. The zero-order valence-corrected chi connectivity index (χ0v) is 54.1. The van der Waals surface area contributed by atoms with Crippen molar-refractivity contribution in [2.24, 2.45) is 14.1 Å². The third kappa shape index (κ3) is 17.6. The molecule has 0 amide bonds. The lowest BCUT2D eigenvalue weighted by Crippen LogP contribution is -2.23. The minimum absolute atomic E-state index is 0.0490. The number of aromatic nitrogens is 5. The van der Waals surface area contributed by atoms with Crippen molar-refractivity contribution in [2.45, 2.75) is 59.9 Å². The zero-order chi connectivity index (χ0) is 68.6. The van der Waals surface area contributed by atoms with Gasteiger partial charge in [0.1, 0.15) is 33.8 Å². The Morgan fingerprint density at radius 1 is 0.521 bits per heavy atom. The number of rotatable bonds is 17. The van der Waals surface area contributed by atoms with Gasteiger partial charge in [0.15, 0.2) is 45.9 Å². The summed E-state index contributed by atoms with van der Waals surface area (Å²) >= 11 is 5.67. The lowest BCUT2D eigenvalue weighted by molar-refractivity contribution is 0.0693. The highest BCUT2D eigenvalue weighted by atomic mass is 35.5. The Labute approximate surface area is 556 Å². The molecule has 7 aromatic carbocycles. The van der Waals surface area contributed by atoms with Gasteiger partial charge in [-0.1, -0.05) is 104 Å². The van der Waals surface area contributed by atoms with E-state index < -0.39 is 28.8 Å². The highest BCUT2D eigenvalue weighted by Gasteiger charge is 2.22. The summed E-state index contributed by atoms with van der Waals surface area (Å²) < 4.78 is 62.4. The number of aryl methyl sites for hydroxylation is 4. The van der Waals surface area contributed by atoms with E-state index in [-0.39, 0.29) is 51.2 Å². The van der Waals surface area contributed by atoms with Crippen LogP contribution in [0.1, 0.15) is 79.5 Å². The number of nitrogens with zero attached hydrogens (tertiary/aromatic N) is 5. The van der Waals surface area contributed by atoms with Gasteiger partial charge in [-0.25, -0.2) is 27.9 Å². The molecule has 96 heavy (non-hydrogen) atoms. The summed E-state index contributed by atoms with van der Waals surface area (Å²) in [6.45, 7) is 8.08. The monoisotopic (exact) mass is 1310 g/mol. The summed E-state index contributed by atoms with van der Waals surface area (Å²) in [5.74, 6) is -0.804. The van der Waals surface area contributed by atoms with Crippen LogP contribution in [0.15, 0.2) is 216 Å². The van der Waals surface area contributed by atoms with Gasteiger partial charge in [0.05, 0.1) is 16.6 Å². The number of nitrogen functional groups attached to an aromatic ring is 2. The molecular formula is C76H68ClF3N8O8. The van der Waals surface area contributed by atoms with Gasteiger partial charge in [-0.15, -0.1) is 0 Å². The maximum absolute atomic E-state index is 15.0.